The summed E-state index contributed by atoms with van der Waals surface area (Å²) in [4.78, 5) is 9.08. The van der Waals surface area contributed by atoms with E-state index in [2.05, 4.69) is 96.1 Å². The van der Waals surface area contributed by atoms with Crippen LogP contribution in [0.4, 0.5) is 0 Å². The molecule has 0 radical (unpaired) electrons. The molecule has 0 N–H and O–H groups in total. The number of benzene rings is 3. The van der Waals surface area contributed by atoms with Gasteiger partial charge >= 0.3 is 0 Å². The molecule has 0 amide bonds. The molecule has 36 heavy (non-hydrogen) atoms. The number of rotatable bonds is 14. The molecular weight excluding hydrogens is 482 g/mol. The molecule has 0 fully saturated rings. The number of halogens is 1. The number of aromatic nitrogens is 2. The number of imidazole rings is 1. The van der Waals surface area contributed by atoms with Crippen LogP contribution in [0.15, 0.2) is 83.8 Å². The van der Waals surface area contributed by atoms with E-state index in [1.54, 1.807) is 0 Å². The van der Waals surface area contributed by atoms with E-state index in [1.807, 2.05) is 17.8 Å². The van der Waals surface area contributed by atoms with Crippen LogP contribution in [-0.2, 0) is 6.54 Å². The molecule has 190 valence electrons. The molecule has 5 heteroatoms. The number of thioether (sulfide) groups is 1. The van der Waals surface area contributed by atoms with E-state index in [9.17, 15) is 0 Å². The molecule has 4 aromatic rings. The monoisotopic (exact) mass is 519 g/mol. The van der Waals surface area contributed by atoms with E-state index in [0.717, 1.165) is 41.4 Å². The highest BCUT2D eigenvalue weighted by Gasteiger charge is 2.23. The van der Waals surface area contributed by atoms with Crippen molar-refractivity contribution in [2.75, 3.05) is 19.6 Å². The van der Waals surface area contributed by atoms with Gasteiger partial charge in [0.15, 0.2) is 0 Å². The lowest BCUT2D eigenvalue weighted by Gasteiger charge is -2.23. The molecule has 1 heterocycles. The molecule has 0 bridgehead atoms. The first-order chi connectivity index (χ1) is 17.7. The second-order valence-electron chi connectivity index (χ2n) is 9.38. The van der Waals surface area contributed by atoms with Crippen molar-refractivity contribution in [2.45, 2.75) is 62.6 Å². The SMILES string of the molecule is CCCCN(CCCC)CCCn1c(C(Sc2ccccc2)c2ccccc2)nc2ccc(Cl)cc21. The number of hydrogen-bond donors (Lipinski definition) is 0. The number of nitrogens with zero attached hydrogens (tertiary/aromatic N) is 3. The van der Waals surface area contributed by atoms with Crippen molar-refractivity contribution >= 4 is 34.4 Å². The topological polar surface area (TPSA) is 21.1 Å². The molecule has 1 unspecified atom stereocenters. The summed E-state index contributed by atoms with van der Waals surface area (Å²) in [7, 11) is 0. The Hall–Kier alpha value is -2.27. The zero-order valence-corrected chi connectivity index (χ0v) is 23.1. The summed E-state index contributed by atoms with van der Waals surface area (Å²) >= 11 is 8.33. The Labute approximate surface area is 225 Å². The third-order valence-electron chi connectivity index (χ3n) is 6.59. The van der Waals surface area contributed by atoms with Gasteiger partial charge in [0, 0.05) is 16.5 Å². The molecule has 1 aromatic heterocycles. The summed E-state index contributed by atoms with van der Waals surface area (Å²) in [5, 5.41) is 0.853. The second kappa shape index (κ2) is 13.9. The first kappa shape index (κ1) is 26.8. The Kier molecular flexibility index (Phi) is 10.3. The Balaban J connectivity index is 1.66. The molecule has 1 atom stereocenters. The van der Waals surface area contributed by atoms with Crippen LogP contribution in [0.5, 0.6) is 0 Å². The van der Waals surface area contributed by atoms with Crippen molar-refractivity contribution < 1.29 is 0 Å². The normalized spacial score (nSPS) is 12.4. The third kappa shape index (κ3) is 7.15. The summed E-state index contributed by atoms with van der Waals surface area (Å²) in [5.41, 5.74) is 3.40. The highest BCUT2D eigenvalue weighted by atomic mass is 35.5. The predicted octanol–water partition coefficient (Wildman–Crippen LogP) is 8.86. The van der Waals surface area contributed by atoms with Gasteiger partial charge in [0.05, 0.1) is 16.3 Å². The van der Waals surface area contributed by atoms with Gasteiger partial charge in [-0.15, -0.1) is 11.8 Å². The van der Waals surface area contributed by atoms with E-state index in [0.29, 0.717) is 0 Å². The Bertz CT molecular complexity index is 1180. The van der Waals surface area contributed by atoms with E-state index in [-0.39, 0.29) is 5.25 Å². The summed E-state index contributed by atoms with van der Waals surface area (Å²) in [5.74, 6) is 1.10. The quantitative estimate of drug-likeness (QED) is 0.155. The van der Waals surface area contributed by atoms with Gasteiger partial charge in [-0.05, 0) is 74.8 Å². The van der Waals surface area contributed by atoms with Gasteiger partial charge in [0.1, 0.15) is 5.82 Å². The van der Waals surface area contributed by atoms with E-state index < -0.39 is 0 Å². The number of aryl methyl sites for hydroxylation is 1. The minimum absolute atomic E-state index is 0.0936. The molecule has 3 nitrogen and oxygen atoms in total. The maximum atomic E-state index is 6.47. The predicted molar refractivity (Wildman–Crippen MR) is 156 cm³/mol. The number of unbranched alkanes of at least 4 members (excludes halogenated alkanes) is 2. The highest BCUT2D eigenvalue weighted by molar-refractivity contribution is 7.99. The minimum Gasteiger partial charge on any atom is -0.327 e. The van der Waals surface area contributed by atoms with E-state index in [4.69, 9.17) is 16.6 Å². The third-order valence-corrected chi connectivity index (χ3v) is 8.08. The molecule has 4 rings (SSSR count). The summed E-state index contributed by atoms with van der Waals surface area (Å²) in [6.45, 7) is 8.98. The zero-order chi connectivity index (χ0) is 25.2. The number of hydrogen-bond acceptors (Lipinski definition) is 3. The fourth-order valence-electron chi connectivity index (χ4n) is 4.63. The van der Waals surface area contributed by atoms with Crippen molar-refractivity contribution in [1.82, 2.24) is 14.5 Å². The van der Waals surface area contributed by atoms with Crippen LogP contribution in [0.2, 0.25) is 5.02 Å². The van der Waals surface area contributed by atoms with Crippen molar-refractivity contribution in [2.24, 2.45) is 0 Å². The molecule has 0 aliphatic carbocycles. The van der Waals surface area contributed by atoms with Gasteiger partial charge in [-0.2, -0.15) is 0 Å². The highest BCUT2D eigenvalue weighted by Crippen LogP contribution is 2.41. The molecular formula is C31H38ClN3S. The summed E-state index contributed by atoms with van der Waals surface area (Å²) in [6, 6.07) is 27.5. The fraction of sp³-hybridized carbons (Fsp3) is 0.387. The summed E-state index contributed by atoms with van der Waals surface area (Å²) in [6.07, 6.45) is 6.11. The van der Waals surface area contributed by atoms with Crippen LogP contribution in [0.25, 0.3) is 11.0 Å². The summed E-state index contributed by atoms with van der Waals surface area (Å²) < 4.78 is 2.42. The fourth-order valence-corrected chi connectivity index (χ4v) is 5.97. The molecule has 0 saturated carbocycles. The maximum Gasteiger partial charge on any atom is 0.127 e. The van der Waals surface area contributed by atoms with Crippen molar-refractivity contribution in [3.63, 3.8) is 0 Å². The van der Waals surface area contributed by atoms with Gasteiger partial charge in [-0.3, -0.25) is 0 Å². The lowest BCUT2D eigenvalue weighted by atomic mass is 10.1. The first-order valence-corrected chi connectivity index (χ1v) is 14.6. The van der Waals surface area contributed by atoms with Gasteiger partial charge in [0.2, 0.25) is 0 Å². The Morgan fingerprint density at radius 2 is 1.47 bits per heavy atom. The van der Waals surface area contributed by atoms with Gasteiger partial charge in [-0.1, -0.05) is 86.8 Å². The van der Waals surface area contributed by atoms with E-state index >= 15 is 0 Å². The second-order valence-corrected chi connectivity index (χ2v) is 11.0. The van der Waals surface area contributed by atoms with Crippen LogP contribution in [0.3, 0.4) is 0 Å². The average molecular weight is 520 g/mol. The largest absolute Gasteiger partial charge is 0.327 e. The minimum atomic E-state index is 0.0936. The molecule has 0 saturated heterocycles. The standard InChI is InChI=1S/C31H38ClN3S/c1-3-5-20-34(21-6-4-2)22-13-23-35-29-24-26(32)18-19-28(29)33-31(35)30(25-14-9-7-10-15-25)36-27-16-11-8-12-17-27/h7-12,14-19,24,30H,3-6,13,20-23H2,1-2H3. The van der Waals surface area contributed by atoms with Crippen LogP contribution in [0.1, 0.15) is 62.6 Å². The van der Waals surface area contributed by atoms with E-state index in [1.165, 1.54) is 49.2 Å². The lowest BCUT2D eigenvalue weighted by molar-refractivity contribution is 0.257. The van der Waals surface area contributed by atoms with Crippen LogP contribution in [0, 0.1) is 0 Å². The molecule has 0 spiro atoms. The van der Waals surface area contributed by atoms with Gasteiger partial charge in [-0.25, -0.2) is 4.98 Å². The Morgan fingerprint density at radius 1 is 0.833 bits per heavy atom. The first-order valence-electron chi connectivity index (χ1n) is 13.3. The van der Waals surface area contributed by atoms with Gasteiger partial charge < -0.3 is 9.47 Å². The molecule has 3 aromatic carbocycles. The number of fused-ring (bicyclic) bond motifs is 1. The van der Waals surface area contributed by atoms with Crippen molar-refractivity contribution in [1.29, 1.82) is 0 Å². The average Bonchev–Trinajstić information content (AvgIpc) is 3.26. The molecule has 0 aliphatic rings. The lowest BCUT2D eigenvalue weighted by Crippen LogP contribution is -2.28. The molecule has 0 aliphatic heterocycles. The smallest absolute Gasteiger partial charge is 0.127 e. The van der Waals surface area contributed by atoms with Crippen molar-refractivity contribution in [3.05, 3.63) is 95.3 Å². The van der Waals surface area contributed by atoms with Crippen LogP contribution < -0.4 is 0 Å². The maximum absolute atomic E-state index is 6.47. The van der Waals surface area contributed by atoms with Crippen LogP contribution in [-0.4, -0.2) is 34.1 Å². The van der Waals surface area contributed by atoms with Gasteiger partial charge in [0.25, 0.3) is 0 Å². The van der Waals surface area contributed by atoms with Crippen molar-refractivity contribution in [3.8, 4) is 0 Å². The van der Waals surface area contributed by atoms with Crippen LogP contribution >= 0.6 is 23.4 Å². The zero-order valence-electron chi connectivity index (χ0n) is 21.6. The Morgan fingerprint density at radius 3 is 2.14 bits per heavy atom.